The SMILES string of the molecule is CCOC(=O)c1c(CC(=O)O)c2ccccc2n1CC. The fraction of sp³-hybridized carbons (Fsp3) is 0.333. The first-order valence-corrected chi connectivity index (χ1v) is 6.59. The lowest BCUT2D eigenvalue weighted by Gasteiger charge is -2.08. The van der Waals surface area contributed by atoms with Gasteiger partial charge in [-0.3, -0.25) is 4.79 Å². The standard InChI is InChI=1S/C15H17NO4/c1-3-16-12-8-6-5-7-10(12)11(9-13(17)18)14(16)15(19)20-4-2/h5-8H,3-4,9H2,1-2H3,(H,17,18). The molecule has 0 aliphatic rings. The Hall–Kier alpha value is -2.30. The van der Waals surface area contributed by atoms with Crippen molar-refractivity contribution in [2.24, 2.45) is 0 Å². The van der Waals surface area contributed by atoms with E-state index in [0.29, 0.717) is 17.8 Å². The lowest BCUT2D eigenvalue weighted by atomic mass is 10.1. The minimum absolute atomic E-state index is 0.193. The number of nitrogens with zero attached hydrogens (tertiary/aromatic N) is 1. The molecule has 0 fully saturated rings. The Morgan fingerprint density at radius 3 is 2.55 bits per heavy atom. The minimum Gasteiger partial charge on any atom is -0.481 e. The van der Waals surface area contributed by atoms with Crippen molar-refractivity contribution in [3.63, 3.8) is 0 Å². The third kappa shape index (κ3) is 2.39. The molecule has 0 aliphatic carbocycles. The number of aryl methyl sites for hydroxylation is 1. The van der Waals surface area contributed by atoms with Gasteiger partial charge in [0.25, 0.3) is 0 Å². The molecular weight excluding hydrogens is 258 g/mol. The Morgan fingerprint density at radius 1 is 1.25 bits per heavy atom. The summed E-state index contributed by atoms with van der Waals surface area (Å²) in [6.45, 7) is 4.48. The van der Waals surface area contributed by atoms with Gasteiger partial charge in [-0.15, -0.1) is 0 Å². The lowest BCUT2D eigenvalue weighted by molar-refractivity contribution is -0.136. The number of carboxylic acids is 1. The van der Waals surface area contributed by atoms with E-state index in [2.05, 4.69) is 0 Å². The molecule has 2 rings (SSSR count). The summed E-state index contributed by atoms with van der Waals surface area (Å²) < 4.78 is 6.88. The summed E-state index contributed by atoms with van der Waals surface area (Å²) in [6, 6.07) is 7.42. The zero-order chi connectivity index (χ0) is 14.7. The minimum atomic E-state index is -0.963. The first-order valence-electron chi connectivity index (χ1n) is 6.59. The zero-order valence-corrected chi connectivity index (χ0v) is 11.5. The van der Waals surface area contributed by atoms with Gasteiger partial charge in [0, 0.05) is 23.0 Å². The van der Waals surface area contributed by atoms with Crippen LogP contribution in [0.15, 0.2) is 24.3 Å². The van der Waals surface area contributed by atoms with Crippen LogP contribution in [0, 0.1) is 0 Å². The summed E-state index contributed by atoms with van der Waals surface area (Å²) in [6.07, 6.45) is -0.193. The number of hydrogen-bond donors (Lipinski definition) is 1. The van der Waals surface area contributed by atoms with Gasteiger partial charge in [-0.1, -0.05) is 18.2 Å². The van der Waals surface area contributed by atoms with Crippen molar-refractivity contribution in [2.45, 2.75) is 26.8 Å². The van der Waals surface area contributed by atoms with E-state index in [1.807, 2.05) is 35.8 Å². The van der Waals surface area contributed by atoms with E-state index in [1.165, 1.54) is 0 Å². The van der Waals surface area contributed by atoms with Crippen LogP contribution in [-0.2, 0) is 22.5 Å². The largest absolute Gasteiger partial charge is 0.481 e. The Morgan fingerprint density at radius 2 is 1.95 bits per heavy atom. The number of carbonyl (C=O) groups excluding carboxylic acids is 1. The number of fused-ring (bicyclic) bond motifs is 1. The molecule has 1 heterocycles. The molecule has 0 saturated carbocycles. The second kappa shape index (κ2) is 5.77. The Bertz CT molecular complexity index is 657. The first-order chi connectivity index (χ1) is 9.60. The average Bonchev–Trinajstić information content (AvgIpc) is 2.72. The molecule has 0 radical (unpaired) electrons. The van der Waals surface area contributed by atoms with Crippen LogP contribution in [0.3, 0.4) is 0 Å². The van der Waals surface area contributed by atoms with Crippen molar-refractivity contribution >= 4 is 22.8 Å². The second-order valence-electron chi connectivity index (χ2n) is 4.38. The maximum atomic E-state index is 12.2. The van der Waals surface area contributed by atoms with E-state index in [1.54, 1.807) is 6.92 Å². The fourth-order valence-electron chi connectivity index (χ4n) is 2.47. The number of carboxylic acid groups (broad SMARTS) is 1. The number of ether oxygens (including phenoxy) is 1. The van der Waals surface area contributed by atoms with E-state index < -0.39 is 11.9 Å². The third-order valence-corrected chi connectivity index (χ3v) is 3.19. The van der Waals surface area contributed by atoms with Gasteiger partial charge in [0.1, 0.15) is 5.69 Å². The summed E-state index contributed by atoms with van der Waals surface area (Å²) in [4.78, 5) is 23.2. The summed E-state index contributed by atoms with van der Waals surface area (Å²) in [7, 11) is 0. The molecule has 0 bridgehead atoms. The number of aliphatic carboxylic acids is 1. The van der Waals surface area contributed by atoms with Crippen LogP contribution in [-0.4, -0.2) is 28.2 Å². The number of esters is 1. The van der Waals surface area contributed by atoms with Crippen molar-refractivity contribution < 1.29 is 19.4 Å². The van der Waals surface area contributed by atoms with E-state index >= 15 is 0 Å². The molecule has 5 heteroatoms. The summed E-state index contributed by atoms with van der Waals surface area (Å²) in [5.74, 6) is -1.43. The van der Waals surface area contributed by atoms with Gasteiger partial charge >= 0.3 is 11.9 Å². The lowest BCUT2D eigenvalue weighted by Crippen LogP contribution is -2.15. The van der Waals surface area contributed by atoms with Crippen molar-refractivity contribution in [1.82, 2.24) is 4.57 Å². The van der Waals surface area contributed by atoms with Crippen molar-refractivity contribution in [1.29, 1.82) is 0 Å². The molecule has 20 heavy (non-hydrogen) atoms. The molecule has 0 amide bonds. The molecule has 5 nitrogen and oxygen atoms in total. The van der Waals surface area contributed by atoms with Gasteiger partial charge in [0.2, 0.25) is 0 Å². The average molecular weight is 275 g/mol. The highest BCUT2D eigenvalue weighted by Gasteiger charge is 2.24. The van der Waals surface area contributed by atoms with Crippen molar-refractivity contribution in [3.05, 3.63) is 35.5 Å². The van der Waals surface area contributed by atoms with Gasteiger partial charge < -0.3 is 14.4 Å². The molecule has 0 saturated heterocycles. The summed E-state index contributed by atoms with van der Waals surface area (Å²) in [5.41, 5.74) is 1.72. The smallest absolute Gasteiger partial charge is 0.355 e. The van der Waals surface area contributed by atoms with Crippen molar-refractivity contribution in [2.75, 3.05) is 6.61 Å². The highest BCUT2D eigenvalue weighted by Crippen LogP contribution is 2.27. The van der Waals surface area contributed by atoms with Gasteiger partial charge in [-0.25, -0.2) is 4.79 Å². The molecular formula is C15H17NO4. The Labute approximate surface area is 116 Å². The zero-order valence-electron chi connectivity index (χ0n) is 11.5. The number of hydrogen-bond acceptors (Lipinski definition) is 3. The maximum Gasteiger partial charge on any atom is 0.355 e. The molecule has 0 atom stereocenters. The number of para-hydroxylation sites is 1. The third-order valence-electron chi connectivity index (χ3n) is 3.19. The van der Waals surface area contributed by atoms with Crippen LogP contribution in [0.25, 0.3) is 10.9 Å². The molecule has 0 unspecified atom stereocenters. The molecule has 2 aromatic rings. The van der Waals surface area contributed by atoms with Crippen LogP contribution in [0.4, 0.5) is 0 Å². The highest BCUT2D eigenvalue weighted by molar-refractivity contribution is 6.00. The fourth-order valence-corrected chi connectivity index (χ4v) is 2.47. The topological polar surface area (TPSA) is 68.5 Å². The monoisotopic (exact) mass is 275 g/mol. The Kier molecular flexibility index (Phi) is 4.08. The van der Waals surface area contributed by atoms with Crippen LogP contribution in [0.2, 0.25) is 0 Å². The van der Waals surface area contributed by atoms with Gasteiger partial charge in [-0.2, -0.15) is 0 Å². The molecule has 1 N–H and O–H groups in total. The van der Waals surface area contributed by atoms with Crippen molar-refractivity contribution in [3.8, 4) is 0 Å². The van der Waals surface area contributed by atoms with E-state index in [-0.39, 0.29) is 13.0 Å². The van der Waals surface area contributed by atoms with Crippen LogP contribution in [0.1, 0.15) is 29.9 Å². The van der Waals surface area contributed by atoms with Gasteiger partial charge in [0.15, 0.2) is 0 Å². The summed E-state index contributed by atoms with van der Waals surface area (Å²) in [5, 5.41) is 9.87. The quantitative estimate of drug-likeness (QED) is 0.851. The van der Waals surface area contributed by atoms with E-state index in [0.717, 1.165) is 10.9 Å². The first kappa shape index (κ1) is 14.1. The van der Waals surface area contributed by atoms with E-state index in [9.17, 15) is 9.59 Å². The Balaban J connectivity index is 2.73. The van der Waals surface area contributed by atoms with Crippen LogP contribution >= 0.6 is 0 Å². The maximum absolute atomic E-state index is 12.2. The highest BCUT2D eigenvalue weighted by atomic mass is 16.5. The van der Waals surface area contributed by atoms with E-state index in [4.69, 9.17) is 9.84 Å². The predicted molar refractivity (Wildman–Crippen MR) is 74.9 cm³/mol. The second-order valence-corrected chi connectivity index (χ2v) is 4.38. The number of rotatable bonds is 5. The molecule has 1 aromatic carbocycles. The number of benzene rings is 1. The molecule has 106 valence electrons. The van der Waals surface area contributed by atoms with Crippen LogP contribution in [0.5, 0.6) is 0 Å². The molecule has 1 aromatic heterocycles. The molecule has 0 spiro atoms. The van der Waals surface area contributed by atoms with Gasteiger partial charge in [0.05, 0.1) is 13.0 Å². The normalized spacial score (nSPS) is 10.7. The van der Waals surface area contributed by atoms with Crippen LogP contribution < -0.4 is 0 Å². The summed E-state index contributed by atoms with van der Waals surface area (Å²) >= 11 is 0. The number of carbonyl (C=O) groups is 2. The number of aromatic nitrogens is 1. The van der Waals surface area contributed by atoms with Gasteiger partial charge in [-0.05, 0) is 19.9 Å². The molecule has 0 aliphatic heterocycles. The predicted octanol–water partition coefficient (Wildman–Crippen LogP) is 2.47.